The van der Waals surface area contributed by atoms with Gasteiger partial charge in [0, 0.05) is 19.0 Å². The number of benzene rings is 1. The SMILES string of the molecule is C[C@@H](CNc1ccc([N+](=O)[O-])c2nonc12)[C@H]1CC[C@H]2[C@@H]3CCC4=CC(=O)CC[C@]4(C)[C@H]3CC[C@]12C. The fraction of sp³-hybridized carbons (Fsp3) is 0.679. The summed E-state index contributed by atoms with van der Waals surface area (Å²) in [6.07, 6.45) is 11.2. The normalized spacial score (nSPS) is 36.5. The van der Waals surface area contributed by atoms with Crippen LogP contribution in [-0.4, -0.2) is 27.6 Å². The van der Waals surface area contributed by atoms with Crippen LogP contribution in [-0.2, 0) is 4.79 Å². The van der Waals surface area contributed by atoms with E-state index in [9.17, 15) is 14.9 Å². The Kier molecular flexibility index (Phi) is 5.50. The minimum Gasteiger partial charge on any atom is -0.383 e. The van der Waals surface area contributed by atoms with Crippen molar-refractivity contribution in [1.82, 2.24) is 10.3 Å². The van der Waals surface area contributed by atoms with E-state index in [0.717, 1.165) is 36.9 Å². The third-order valence-corrected chi connectivity index (χ3v) is 10.9. The van der Waals surface area contributed by atoms with E-state index in [4.69, 9.17) is 4.63 Å². The Morgan fingerprint density at radius 1 is 1.11 bits per heavy atom. The number of hydrogen-bond acceptors (Lipinski definition) is 7. The maximum Gasteiger partial charge on any atom is 0.300 e. The summed E-state index contributed by atoms with van der Waals surface area (Å²) in [5.41, 5.74) is 3.24. The summed E-state index contributed by atoms with van der Waals surface area (Å²) in [6, 6.07) is 3.18. The molecule has 1 heterocycles. The summed E-state index contributed by atoms with van der Waals surface area (Å²) >= 11 is 0. The summed E-state index contributed by atoms with van der Waals surface area (Å²) in [6.45, 7) is 8.13. The van der Waals surface area contributed by atoms with Crippen LogP contribution >= 0.6 is 0 Å². The second-order valence-corrected chi connectivity index (χ2v) is 12.4. The van der Waals surface area contributed by atoms with E-state index < -0.39 is 4.92 Å². The predicted octanol–water partition coefficient (Wildman–Crippen LogP) is 6.33. The molecule has 4 aliphatic rings. The number of hydrogen-bond donors (Lipinski definition) is 1. The van der Waals surface area contributed by atoms with Crippen molar-refractivity contribution in [3.63, 3.8) is 0 Å². The summed E-state index contributed by atoms with van der Waals surface area (Å²) in [5, 5.41) is 22.5. The number of ketones is 1. The zero-order valence-electron chi connectivity index (χ0n) is 21.5. The number of non-ortho nitro benzene ring substituents is 1. The van der Waals surface area contributed by atoms with E-state index >= 15 is 0 Å². The summed E-state index contributed by atoms with van der Waals surface area (Å²) in [7, 11) is 0. The molecule has 4 aliphatic carbocycles. The molecule has 3 saturated carbocycles. The second kappa shape index (κ2) is 8.38. The molecule has 1 N–H and O–H groups in total. The Morgan fingerprint density at radius 2 is 1.92 bits per heavy atom. The van der Waals surface area contributed by atoms with Gasteiger partial charge in [0.15, 0.2) is 11.3 Å². The number of nitro benzene ring substituents is 1. The lowest BCUT2D eigenvalue weighted by Crippen LogP contribution is -2.51. The highest BCUT2D eigenvalue weighted by atomic mass is 16.6. The number of anilines is 1. The molecule has 0 unspecified atom stereocenters. The molecule has 0 spiro atoms. The van der Waals surface area contributed by atoms with Gasteiger partial charge in [-0.05, 0) is 108 Å². The third kappa shape index (κ3) is 3.43. The van der Waals surface area contributed by atoms with Gasteiger partial charge < -0.3 is 5.32 Å². The van der Waals surface area contributed by atoms with Gasteiger partial charge in [-0.1, -0.05) is 26.3 Å². The van der Waals surface area contributed by atoms with Gasteiger partial charge in [0.05, 0.1) is 10.6 Å². The maximum absolute atomic E-state index is 12.1. The first-order chi connectivity index (χ1) is 17.2. The van der Waals surface area contributed by atoms with Crippen molar-refractivity contribution in [2.45, 2.75) is 72.1 Å². The molecule has 6 rings (SSSR count). The minimum atomic E-state index is -0.454. The first-order valence-corrected chi connectivity index (χ1v) is 13.6. The molecule has 2 aromatic rings. The van der Waals surface area contributed by atoms with E-state index in [0.29, 0.717) is 40.9 Å². The topological polar surface area (TPSA) is 111 Å². The minimum absolute atomic E-state index is 0.0886. The molecule has 0 radical (unpaired) electrons. The molecule has 0 saturated heterocycles. The van der Waals surface area contributed by atoms with Crippen molar-refractivity contribution < 1.29 is 14.3 Å². The molecule has 3 fully saturated rings. The van der Waals surface area contributed by atoms with Crippen molar-refractivity contribution >= 4 is 28.2 Å². The highest BCUT2D eigenvalue weighted by molar-refractivity contribution is 5.93. The van der Waals surface area contributed by atoms with Gasteiger partial charge in [0.1, 0.15) is 0 Å². The van der Waals surface area contributed by atoms with Crippen LogP contribution in [0.2, 0.25) is 0 Å². The van der Waals surface area contributed by atoms with E-state index in [-0.39, 0.29) is 16.6 Å². The Bertz CT molecular complexity index is 1250. The van der Waals surface area contributed by atoms with Crippen LogP contribution in [0.15, 0.2) is 28.4 Å². The Morgan fingerprint density at radius 3 is 2.72 bits per heavy atom. The van der Waals surface area contributed by atoms with Crippen molar-refractivity contribution in [1.29, 1.82) is 0 Å². The van der Waals surface area contributed by atoms with Crippen LogP contribution < -0.4 is 5.32 Å². The largest absolute Gasteiger partial charge is 0.383 e. The van der Waals surface area contributed by atoms with E-state index in [1.54, 1.807) is 6.07 Å². The predicted molar refractivity (Wildman–Crippen MR) is 136 cm³/mol. The molecule has 0 bridgehead atoms. The summed E-state index contributed by atoms with van der Waals surface area (Å²) in [5.74, 6) is 3.66. The lowest BCUT2D eigenvalue weighted by atomic mass is 9.46. The van der Waals surface area contributed by atoms with Crippen LogP contribution in [0.3, 0.4) is 0 Å². The molecule has 36 heavy (non-hydrogen) atoms. The molecule has 7 atom stereocenters. The maximum atomic E-state index is 12.1. The zero-order valence-corrected chi connectivity index (χ0v) is 21.5. The first kappa shape index (κ1) is 23.6. The van der Waals surface area contributed by atoms with Crippen LogP contribution in [0.4, 0.5) is 11.4 Å². The number of rotatable bonds is 5. The van der Waals surface area contributed by atoms with E-state index in [1.165, 1.54) is 43.7 Å². The monoisotopic (exact) mass is 492 g/mol. The van der Waals surface area contributed by atoms with E-state index in [2.05, 4.69) is 36.4 Å². The van der Waals surface area contributed by atoms with Crippen LogP contribution in [0.25, 0.3) is 11.0 Å². The standard InChI is InChI=1S/C28H36N4O4/c1-16(15-29-23-8-9-24(32(34)35)26-25(23)30-36-31-26)20-6-7-21-19-5-4-17-14-18(33)10-12-27(17,2)22(19)11-13-28(20,21)3/h8-9,14,16,19-22,29H,4-7,10-13,15H2,1-3H3/t16-,19-,20+,21-,22-,27-,28+/m0/s1. The van der Waals surface area contributed by atoms with Crippen LogP contribution in [0.5, 0.6) is 0 Å². The fourth-order valence-electron chi connectivity index (χ4n) is 9.09. The quantitative estimate of drug-likeness (QED) is 0.383. The number of nitro groups is 1. The fourth-order valence-corrected chi connectivity index (χ4v) is 9.09. The molecule has 0 aliphatic heterocycles. The molecular formula is C28H36N4O4. The molecule has 1 aromatic carbocycles. The highest BCUT2D eigenvalue weighted by Crippen LogP contribution is 2.67. The van der Waals surface area contributed by atoms with Gasteiger partial charge in [-0.25, -0.2) is 4.63 Å². The van der Waals surface area contributed by atoms with Crippen molar-refractivity contribution in [3.8, 4) is 0 Å². The number of carbonyl (C=O) groups excluding carboxylic acids is 1. The zero-order chi connectivity index (χ0) is 25.2. The molecule has 0 amide bonds. The number of aromatic nitrogens is 2. The lowest BCUT2D eigenvalue weighted by molar-refractivity contribution is -0.383. The van der Waals surface area contributed by atoms with Gasteiger partial charge in [-0.2, -0.15) is 0 Å². The molecule has 8 heteroatoms. The molecule has 192 valence electrons. The average molecular weight is 493 g/mol. The number of nitrogens with one attached hydrogen (secondary N) is 1. The Hall–Kier alpha value is -2.77. The Labute approximate surface area is 211 Å². The average Bonchev–Trinajstić information content (AvgIpc) is 3.47. The van der Waals surface area contributed by atoms with Gasteiger partial charge >= 0.3 is 5.69 Å². The van der Waals surface area contributed by atoms with E-state index in [1.807, 2.05) is 6.08 Å². The third-order valence-electron chi connectivity index (χ3n) is 10.9. The van der Waals surface area contributed by atoms with Crippen molar-refractivity contribution in [2.24, 2.45) is 40.4 Å². The van der Waals surface area contributed by atoms with Crippen LogP contribution in [0.1, 0.15) is 72.1 Å². The summed E-state index contributed by atoms with van der Waals surface area (Å²) in [4.78, 5) is 23.0. The molecule has 1 aromatic heterocycles. The number of fused-ring (bicyclic) bond motifs is 6. The molecule has 8 nitrogen and oxygen atoms in total. The van der Waals surface area contributed by atoms with Gasteiger partial charge in [-0.3, -0.25) is 14.9 Å². The smallest absolute Gasteiger partial charge is 0.300 e. The van der Waals surface area contributed by atoms with Gasteiger partial charge in [0.2, 0.25) is 5.52 Å². The Balaban J connectivity index is 1.18. The first-order valence-electron chi connectivity index (χ1n) is 13.6. The number of carbonyl (C=O) groups is 1. The second-order valence-electron chi connectivity index (χ2n) is 12.4. The summed E-state index contributed by atoms with van der Waals surface area (Å²) < 4.78 is 4.82. The van der Waals surface area contributed by atoms with Gasteiger partial charge in [-0.15, -0.1) is 0 Å². The molecular weight excluding hydrogens is 456 g/mol. The van der Waals surface area contributed by atoms with Crippen molar-refractivity contribution in [3.05, 3.63) is 33.9 Å². The van der Waals surface area contributed by atoms with Gasteiger partial charge in [0.25, 0.3) is 0 Å². The number of allylic oxidation sites excluding steroid dienone is 1. The lowest BCUT2D eigenvalue weighted by Gasteiger charge is -2.58. The van der Waals surface area contributed by atoms with Crippen LogP contribution in [0, 0.1) is 50.5 Å². The number of nitrogens with zero attached hydrogens (tertiary/aromatic N) is 3. The highest BCUT2D eigenvalue weighted by Gasteiger charge is 2.59. The van der Waals surface area contributed by atoms with Crippen molar-refractivity contribution in [2.75, 3.05) is 11.9 Å².